The maximum Gasteiger partial charge on any atom is 0.347 e. The van der Waals surface area contributed by atoms with Crippen molar-refractivity contribution >= 4 is 17.5 Å². The number of esters is 1. The van der Waals surface area contributed by atoms with Gasteiger partial charge in [-0.3, -0.25) is 9.59 Å². The van der Waals surface area contributed by atoms with Crippen LogP contribution in [0.3, 0.4) is 0 Å². The summed E-state index contributed by atoms with van der Waals surface area (Å²) in [5.41, 5.74) is 1.25. The Morgan fingerprint density at radius 1 is 0.929 bits per heavy atom. The van der Waals surface area contributed by atoms with Crippen LogP contribution in [-0.4, -0.2) is 36.4 Å². The van der Waals surface area contributed by atoms with Crippen molar-refractivity contribution in [3.8, 4) is 11.5 Å². The predicted molar refractivity (Wildman–Crippen MR) is 102 cm³/mol. The third kappa shape index (κ3) is 4.39. The van der Waals surface area contributed by atoms with E-state index in [9.17, 15) is 14.4 Å². The van der Waals surface area contributed by atoms with E-state index in [2.05, 4.69) is 0 Å². The SMILES string of the molecule is CC1CC(=O)c2ccccc2O1.CCOC(=O)C1CC(=O)c2ccccc2O1. The normalized spacial score (nSPS) is 19.8. The Hall–Kier alpha value is -3.15. The fourth-order valence-corrected chi connectivity index (χ4v) is 3.07. The van der Waals surface area contributed by atoms with E-state index >= 15 is 0 Å². The molecule has 0 bridgehead atoms. The number of carbonyl (C=O) groups is 3. The lowest BCUT2D eigenvalue weighted by molar-refractivity contribution is -0.151. The van der Waals surface area contributed by atoms with Crippen molar-refractivity contribution in [3.63, 3.8) is 0 Å². The smallest absolute Gasteiger partial charge is 0.347 e. The van der Waals surface area contributed by atoms with Gasteiger partial charge in [0.15, 0.2) is 11.6 Å². The van der Waals surface area contributed by atoms with E-state index in [-0.39, 0.29) is 30.7 Å². The fourth-order valence-electron chi connectivity index (χ4n) is 3.07. The van der Waals surface area contributed by atoms with Crippen LogP contribution in [-0.2, 0) is 9.53 Å². The second-order valence-corrected chi connectivity index (χ2v) is 6.53. The van der Waals surface area contributed by atoms with Gasteiger partial charge in [0, 0.05) is 6.42 Å². The molecule has 4 rings (SSSR count). The van der Waals surface area contributed by atoms with Gasteiger partial charge in [-0.15, -0.1) is 0 Å². The van der Waals surface area contributed by atoms with Gasteiger partial charge in [0.2, 0.25) is 6.10 Å². The molecule has 28 heavy (non-hydrogen) atoms. The van der Waals surface area contributed by atoms with Crippen molar-refractivity contribution in [2.24, 2.45) is 0 Å². The number of hydrogen-bond acceptors (Lipinski definition) is 6. The summed E-state index contributed by atoms with van der Waals surface area (Å²) in [7, 11) is 0. The number of rotatable bonds is 2. The van der Waals surface area contributed by atoms with Crippen LogP contribution >= 0.6 is 0 Å². The Morgan fingerprint density at radius 2 is 1.46 bits per heavy atom. The number of fused-ring (bicyclic) bond motifs is 2. The van der Waals surface area contributed by atoms with E-state index in [1.165, 1.54) is 0 Å². The van der Waals surface area contributed by atoms with Crippen molar-refractivity contribution in [2.75, 3.05) is 6.61 Å². The number of carbonyl (C=O) groups excluding carboxylic acids is 3. The fraction of sp³-hybridized carbons (Fsp3) is 0.318. The van der Waals surface area contributed by atoms with Crippen LogP contribution in [0.2, 0.25) is 0 Å². The van der Waals surface area contributed by atoms with Gasteiger partial charge in [-0.2, -0.15) is 0 Å². The molecule has 0 amide bonds. The number of ether oxygens (including phenoxy) is 3. The van der Waals surface area contributed by atoms with E-state index in [0.29, 0.717) is 17.7 Å². The van der Waals surface area contributed by atoms with Crippen molar-refractivity contribution in [3.05, 3.63) is 59.7 Å². The summed E-state index contributed by atoms with van der Waals surface area (Å²) in [6.45, 7) is 3.92. The zero-order valence-electron chi connectivity index (χ0n) is 15.8. The third-order valence-corrected chi connectivity index (χ3v) is 4.37. The standard InChI is InChI=1S/C12H12O4.C10H10O2/c1-2-15-12(14)11-7-9(13)8-5-3-4-6-10(8)16-11;1-7-6-9(11)8-4-2-3-5-10(8)12-7/h3-6,11H,2,7H2,1H3;2-5,7H,6H2,1H3. The van der Waals surface area contributed by atoms with Gasteiger partial charge >= 0.3 is 5.97 Å². The summed E-state index contributed by atoms with van der Waals surface area (Å²) in [4.78, 5) is 34.6. The summed E-state index contributed by atoms with van der Waals surface area (Å²) >= 11 is 0. The second kappa shape index (κ2) is 8.69. The monoisotopic (exact) mass is 382 g/mol. The molecule has 2 atom stereocenters. The summed E-state index contributed by atoms with van der Waals surface area (Å²) < 4.78 is 15.7. The van der Waals surface area contributed by atoms with Crippen LogP contribution in [0.1, 0.15) is 47.4 Å². The molecule has 2 aliphatic heterocycles. The van der Waals surface area contributed by atoms with Crippen molar-refractivity contribution in [1.82, 2.24) is 0 Å². The zero-order valence-corrected chi connectivity index (χ0v) is 15.8. The highest BCUT2D eigenvalue weighted by Crippen LogP contribution is 2.28. The highest BCUT2D eigenvalue weighted by Gasteiger charge is 2.32. The summed E-state index contributed by atoms with van der Waals surface area (Å²) in [5.74, 6) is 0.799. The van der Waals surface area contributed by atoms with Crippen LogP contribution < -0.4 is 9.47 Å². The summed E-state index contributed by atoms with van der Waals surface area (Å²) in [6.07, 6.45) is -0.234. The van der Waals surface area contributed by atoms with Crippen LogP contribution in [0.5, 0.6) is 11.5 Å². The number of Topliss-reactive ketones (excluding diaryl/α,β-unsaturated/α-hetero) is 2. The first-order valence-electron chi connectivity index (χ1n) is 9.24. The van der Waals surface area contributed by atoms with Crippen LogP contribution in [0.15, 0.2) is 48.5 Å². The molecule has 0 fully saturated rings. The van der Waals surface area contributed by atoms with Crippen molar-refractivity contribution < 1.29 is 28.6 Å². The molecule has 0 aromatic heterocycles. The largest absolute Gasteiger partial charge is 0.489 e. The van der Waals surface area contributed by atoms with Gasteiger partial charge in [0.25, 0.3) is 0 Å². The minimum atomic E-state index is -0.803. The summed E-state index contributed by atoms with van der Waals surface area (Å²) in [6, 6.07) is 14.3. The van der Waals surface area contributed by atoms with Crippen LogP contribution in [0, 0.1) is 0 Å². The Balaban J connectivity index is 0.000000167. The van der Waals surface area contributed by atoms with E-state index in [1.807, 2.05) is 31.2 Å². The number of para-hydroxylation sites is 2. The molecule has 0 spiro atoms. The highest BCUT2D eigenvalue weighted by atomic mass is 16.6. The molecule has 146 valence electrons. The molecule has 2 aliphatic rings. The van der Waals surface area contributed by atoms with Crippen molar-refractivity contribution in [2.45, 2.75) is 38.9 Å². The molecule has 0 aliphatic carbocycles. The van der Waals surface area contributed by atoms with Crippen LogP contribution in [0.4, 0.5) is 0 Å². The lowest BCUT2D eigenvalue weighted by atomic mass is 10.0. The number of benzene rings is 2. The Morgan fingerprint density at radius 3 is 2.07 bits per heavy atom. The van der Waals surface area contributed by atoms with Gasteiger partial charge in [0.1, 0.15) is 17.6 Å². The Labute approximate surface area is 163 Å². The number of ketones is 2. The predicted octanol–water partition coefficient (Wildman–Crippen LogP) is 3.62. The lowest BCUT2D eigenvalue weighted by Gasteiger charge is -2.23. The maximum absolute atomic E-state index is 11.7. The molecule has 0 saturated heterocycles. The minimum Gasteiger partial charge on any atom is -0.489 e. The van der Waals surface area contributed by atoms with Gasteiger partial charge in [-0.05, 0) is 38.1 Å². The lowest BCUT2D eigenvalue weighted by Crippen LogP contribution is -2.35. The topological polar surface area (TPSA) is 78.9 Å². The van der Waals surface area contributed by atoms with E-state index in [4.69, 9.17) is 14.2 Å². The molecular weight excluding hydrogens is 360 g/mol. The molecular formula is C22H22O6. The number of hydrogen-bond donors (Lipinski definition) is 0. The van der Waals surface area contributed by atoms with Gasteiger partial charge in [-0.25, -0.2) is 4.79 Å². The van der Waals surface area contributed by atoms with E-state index < -0.39 is 12.1 Å². The molecule has 0 N–H and O–H groups in total. The molecule has 0 saturated carbocycles. The first kappa shape index (κ1) is 19.6. The zero-order chi connectivity index (χ0) is 20.1. The first-order chi connectivity index (χ1) is 13.5. The van der Waals surface area contributed by atoms with Crippen molar-refractivity contribution in [1.29, 1.82) is 0 Å². The highest BCUT2D eigenvalue weighted by molar-refractivity contribution is 6.02. The maximum atomic E-state index is 11.7. The quantitative estimate of drug-likeness (QED) is 0.738. The van der Waals surface area contributed by atoms with Crippen LogP contribution in [0.25, 0.3) is 0 Å². The minimum absolute atomic E-state index is 0.0207. The van der Waals surface area contributed by atoms with E-state index in [1.54, 1.807) is 31.2 Å². The molecule has 2 heterocycles. The molecule has 2 unspecified atom stereocenters. The molecule has 0 radical (unpaired) electrons. The van der Waals surface area contributed by atoms with Gasteiger partial charge < -0.3 is 14.2 Å². The van der Waals surface area contributed by atoms with Gasteiger partial charge in [0.05, 0.1) is 24.2 Å². The van der Waals surface area contributed by atoms with Gasteiger partial charge in [-0.1, -0.05) is 24.3 Å². The Bertz CT molecular complexity index is 888. The molecule has 2 aromatic rings. The third-order valence-electron chi connectivity index (χ3n) is 4.37. The molecule has 2 aromatic carbocycles. The molecule has 6 nitrogen and oxygen atoms in total. The summed E-state index contributed by atoms with van der Waals surface area (Å²) in [5, 5.41) is 0. The van der Waals surface area contributed by atoms with E-state index in [0.717, 1.165) is 11.3 Å². The average molecular weight is 382 g/mol. The molecule has 6 heteroatoms. The average Bonchev–Trinajstić information content (AvgIpc) is 2.68. The Kier molecular flexibility index (Phi) is 6.09. The first-order valence-corrected chi connectivity index (χ1v) is 9.24. The second-order valence-electron chi connectivity index (χ2n) is 6.53.